The maximum atomic E-state index is 12.9. The van der Waals surface area contributed by atoms with Crippen molar-refractivity contribution in [1.82, 2.24) is 4.90 Å². The molecule has 0 saturated carbocycles. The zero-order chi connectivity index (χ0) is 22.5. The lowest BCUT2D eigenvalue weighted by atomic mass is 10.1. The van der Waals surface area contributed by atoms with E-state index in [-0.39, 0.29) is 19.6 Å². The Labute approximate surface area is 182 Å². The van der Waals surface area contributed by atoms with Crippen LogP contribution in [0, 0.1) is 0 Å². The van der Waals surface area contributed by atoms with E-state index in [2.05, 4.69) is 0 Å². The minimum absolute atomic E-state index is 0.0246. The van der Waals surface area contributed by atoms with Crippen LogP contribution >= 0.6 is 0 Å². The number of unbranched alkanes of at least 4 members (excludes halogenated alkanes) is 1. The molecule has 8 heteroatoms. The second kappa shape index (κ2) is 13.1. The predicted octanol–water partition coefficient (Wildman–Crippen LogP) is 2.35. The van der Waals surface area contributed by atoms with Gasteiger partial charge in [0, 0.05) is 0 Å². The molecule has 0 aromatic heterocycles. The molecule has 166 valence electrons. The zero-order valence-electron chi connectivity index (χ0n) is 17.4. The van der Waals surface area contributed by atoms with Crippen LogP contribution in [0.2, 0.25) is 0 Å². The molecule has 0 spiro atoms. The molecule has 0 radical (unpaired) electrons. The Bertz CT molecular complexity index is 830. The number of imide groups is 1. The molecule has 0 aliphatic carbocycles. The van der Waals surface area contributed by atoms with Gasteiger partial charge in [-0.3, -0.25) is 4.79 Å². The van der Waals surface area contributed by atoms with Crippen LogP contribution in [-0.4, -0.2) is 42.0 Å². The van der Waals surface area contributed by atoms with Crippen molar-refractivity contribution >= 4 is 18.0 Å². The Kier molecular flexibility index (Phi) is 10.2. The van der Waals surface area contributed by atoms with Gasteiger partial charge < -0.3 is 20.9 Å². The average Bonchev–Trinajstić information content (AvgIpc) is 2.81. The van der Waals surface area contributed by atoms with E-state index in [0.29, 0.717) is 19.4 Å². The first-order chi connectivity index (χ1) is 15.1. The summed E-state index contributed by atoms with van der Waals surface area (Å²) in [6.45, 7) is -0.0335. The van der Waals surface area contributed by atoms with Gasteiger partial charge in [-0.25, -0.2) is 14.5 Å². The highest BCUT2D eigenvalue weighted by molar-refractivity contribution is 5.97. The van der Waals surface area contributed by atoms with E-state index < -0.39 is 30.6 Å². The molecule has 2 amide bonds. The van der Waals surface area contributed by atoms with Gasteiger partial charge in [0.25, 0.3) is 0 Å². The molecule has 4 N–H and O–H groups in total. The molecular formula is C23H29N3O5. The maximum Gasteiger partial charge on any atom is 0.417 e. The lowest BCUT2D eigenvalue weighted by molar-refractivity contribution is -0.155. The Morgan fingerprint density at radius 1 is 0.806 bits per heavy atom. The molecular weight excluding hydrogens is 398 g/mol. The van der Waals surface area contributed by atoms with Crippen LogP contribution in [0.5, 0.6) is 0 Å². The van der Waals surface area contributed by atoms with Crippen LogP contribution in [-0.2, 0) is 32.3 Å². The van der Waals surface area contributed by atoms with E-state index in [4.69, 9.17) is 20.9 Å². The highest BCUT2D eigenvalue weighted by Crippen LogP contribution is 2.15. The number of esters is 1. The fraction of sp³-hybridized carbons (Fsp3) is 0.348. The van der Waals surface area contributed by atoms with Crippen molar-refractivity contribution in [3.63, 3.8) is 0 Å². The van der Waals surface area contributed by atoms with Crippen LogP contribution in [0.15, 0.2) is 60.7 Å². The molecule has 2 aromatic carbocycles. The topological polar surface area (TPSA) is 125 Å². The fourth-order valence-electron chi connectivity index (χ4n) is 2.95. The van der Waals surface area contributed by atoms with E-state index >= 15 is 0 Å². The minimum atomic E-state index is -1.14. The first-order valence-electron chi connectivity index (χ1n) is 10.2. The van der Waals surface area contributed by atoms with Gasteiger partial charge in [-0.2, -0.15) is 0 Å². The van der Waals surface area contributed by atoms with Gasteiger partial charge in [-0.1, -0.05) is 60.7 Å². The summed E-state index contributed by atoms with van der Waals surface area (Å²) in [5, 5.41) is 0. The van der Waals surface area contributed by atoms with E-state index in [9.17, 15) is 14.4 Å². The Hall–Kier alpha value is -3.23. The third-order valence-corrected chi connectivity index (χ3v) is 4.58. The summed E-state index contributed by atoms with van der Waals surface area (Å²) >= 11 is 0. The SMILES string of the molecule is NCCCC[C@@H](C(=O)OCc1ccccc1)N(C(=O)CN)C(=O)OCc1ccccc1. The summed E-state index contributed by atoms with van der Waals surface area (Å²) in [5.41, 5.74) is 12.6. The average molecular weight is 428 g/mol. The predicted molar refractivity (Wildman–Crippen MR) is 115 cm³/mol. The summed E-state index contributed by atoms with van der Waals surface area (Å²) in [6.07, 6.45) is 0.430. The summed E-state index contributed by atoms with van der Waals surface area (Å²) in [4.78, 5) is 38.9. The largest absolute Gasteiger partial charge is 0.459 e. The molecule has 31 heavy (non-hydrogen) atoms. The quantitative estimate of drug-likeness (QED) is 0.416. The second-order valence-corrected chi connectivity index (χ2v) is 6.90. The monoisotopic (exact) mass is 427 g/mol. The number of rotatable bonds is 11. The molecule has 1 atom stereocenters. The molecule has 0 aliphatic rings. The van der Waals surface area contributed by atoms with Crippen molar-refractivity contribution in [1.29, 1.82) is 0 Å². The van der Waals surface area contributed by atoms with E-state index in [1.807, 2.05) is 48.5 Å². The second-order valence-electron chi connectivity index (χ2n) is 6.90. The van der Waals surface area contributed by atoms with Crippen LogP contribution < -0.4 is 11.5 Å². The van der Waals surface area contributed by atoms with Gasteiger partial charge in [0.05, 0.1) is 6.54 Å². The van der Waals surface area contributed by atoms with Crippen LogP contribution in [0.1, 0.15) is 30.4 Å². The number of hydrogen-bond donors (Lipinski definition) is 2. The normalized spacial score (nSPS) is 11.4. The van der Waals surface area contributed by atoms with E-state index in [1.165, 1.54) is 0 Å². The number of ether oxygens (including phenoxy) is 2. The molecule has 0 heterocycles. The van der Waals surface area contributed by atoms with Gasteiger partial charge in [-0.05, 0) is 36.9 Å². The minimum Gasteiger partial charge on any atom is -0.459 e. The number of carbonyl (C=O) groups is 3. The molecule has 2 aromatic rings. The highest BCUT2D eigenvalue weighted by Gasteiger charge is 2.36. The Morgan fingerprint density at radius 3 is 1.87 bits per heavy atom. The van der Waals surface area contributed by atoms with Crippen molar-refractivity contribution in [2.24, 2.45) is 11.5 Å². The number of benzene rings is 2. The van der Waals surface area contributed by atoms with Gasteiger partial charge in [0.15, 0.2) is 0 Å². The first kappa shape index (κ1) is 24.0. The zero-order valence-corrected chi connectivity index (χ0v) is 17.4. The fourth-order valence-corrected chi connectivity index (χ4v) is 2.95. The molecule has 0 saturated heterocycles. The number of nitrogens with zero attached hydrogens (tertiary/aromatic N) is 1. The van der Waals surface area contributed by atoms with Gasteiger partial charge >= 0.3 is 12.1 Å². The maximum absolute atomic E-state index is 12.9. The van der Waals surface area contributed by atoms with Crippen molar-refractivity contribution < 1.29 is 23.9 Å². The number of carbonyl (C=O) groups excluding carboxylic acids is 3. The van der Waals surface area contributed by atoms with Gasteiger partial charge in [0.2, 0.25) is 5.91 Å². The molecule has 8 nitrogen and oxygen atoms in total. The Balaban J connectivity index is 2.14. The van der Waals surface area contributed by atoms with Crippen molar-refractivity contribution in [3.05, 3.63) is 71.8 Å². The smallest absolute Gasteiger partial charge is 0.417 e. The van der Waals surface area contributed by atoms with Crippen molar-refractivity contribution in [2.45, 2.75) is 38.5 Å². The standard InChI is InChI=1S/C23H29N3O5/c24-14-8-7-13-20(22(28)30-16-18-9-3-1-4-10-18)26(21(27)15-25)23(29)31-17-19-11-5-2-6-12-19/h1-6,9-12,20H,7-8,13-17,24-25H2/t20-/m0/s1. The van der Waals surface area contributed by atoms with Crippen molar-refractivity contribution in [2.75, 3.05) is 13.1 Å². The molecule has 0 bridgehead atoms. The first-order valence-corrected chi connectivity index (χ1v) is 10.2. The highest BCUT2D eigenvalue weighted by atomic mass is 16.6. The summed E-state index contributed by atoms with van der Waals surface area (Å²) < 4.78 is 10.7. The van der Waals surface area contributed by atoms with E-state index in [0.717, 1.165) is 16.0 Å². The summed E-state index contributed by atoms with van der Waals surface area (Å²) in [6, 6.07) is 17.0. The third-order valence-electron chi connectivity index (χ3n) is 4.58. The van der Waals surface area contributed by atoms with E-state index in [1.54, 1.807) is 12.1 Å². The summed E-state index contributed by atoms with van der Waals surface area (Å²) in [5.74, 6) is -1.41. The molecule has 0 fully saturated rings. The van der Waals surface area contributed by atoms with Crippen molar-refractivity contribution in [3.8, 4) is 0 Å². The van der Waals surface area contributed by atoms with Gasteiger partial charge in [-0.15, -0.1) is 0 Å². The third kappa shape index (κ3) is 7.84. The van der Waals surface area contributed by atoms with Crippen LogP contribution in [0.4, 0.5) is 4.79 Å². The molecule has 0 aliphatic heterocycles. The lowest BCUT2D eigenvalue weighted by Crippen LogP contribution is -2.51. The molecule has 0 unspecified atom stereocenters. The lowest BCUT2D eigenvalue weighted by Gasteiger charge is -2.27. The number of amides is 2. The van der Waals surface area contributed by atoms with Crippen LogP contribution in [0.25, 0.3) is 0 Å². The molecule has 2 rings (SSSR count). The van der Waals surface area contributed by atoms with Gasteiger partial charge in [0.1, 0.15) is 19.3 Å². The number of nitrogens with two attached hydrogens (primary N) is 2. The summed E-state index contributed by atoms with van der Waals surface area (Å²) in [7, 11) is 0. The number of hydrogen-bond acceptors (Lipinski definition) is 7. The van der Waals surface area contributed by atoms with Crippen LogP contribution in [0.3, 0.4) is 0 Å². The Morgan fingerprint density at radius 2 is 1.35 bits per heavy atom.